The Hall–Kier alpha value is -0.120. The lowest BCUT2D eigenvalue weighted by atomic mass is 9.57. The van der Waals surface area contributed by atoms with Crippen molar-refractivity contribution in [1.82, 2.24) is 14.7 Å². The lowest BCUT2D eigenvalue weighted by molar-refractivity contribution is -0.0425. The molecule has 1 aliphatic carbocycles. The van der Waals surface area contributed by atoms with Crippen LogP contribution in [0.5, 0.6) is 0 Å². The SMILES string of the molecule is CC(C)N1CCC2(CCN(CC3CC4(CCN(C(C)C)CC4)C3)CC2)CC1. The Morgan fingerprint density at radius 1 is 0.630 bits per heavy atom. The van der Waals surface area contributed by atoms with Gasteiger partial charge >= 0.3 is 0 Å². The number of rotatable bonds is 4. The molecule has 3 aliphatic heterocycles. The van der Waals surface area contributed by atoms with Crippen LogP contribution in [-0.4, -0.2) is 72.6 Å². The fourth-order valence-electron chi connectivity index (χ4n) is 6.81. The van der Waals surface area contributed by atoms with Crippen LogP contribution in [0.25, 0.3) is 0 Å². The Kier molecular flexibility index (Phi) is 5.94. The summed E-state index contributed by atoms with van der Waals surface area (Å²) in [7, 11) is 0. The summed E-state index contributed by atoms with van der Waals surface area (Å²) in [6.45, 7) is 19.0. The van der Waals surface area contributed by atoms with E-state index in [1.807, 2.05) is 0 Å². The standard InChI is InChI=1S/C24H45N3/c1-20(2)26-13-7-23(8-14-26)5-11-25(12-6-23)19-22-17-24(18-22)9-15-27(16-10-24)21(3)4/h20-22H,5-19H2,1-4H3. The highest BCUT2D eigenvalue weighted by Crippen LogP contribution is 2.53. The first-order valence-corrected chi connectivity index (χ1v) is 12.1. The van der Waals surface area contributed by atoms with Crippen molar-refractivity contribution < 1.29 is 0 Å². The second-order valence-electron chi connectivity index (χ2n) is 11.3. The Bertz CT molecular complexity index is 466. The topological polar surface area (TPSA) is 9.72 Å². The van der Waals surface area contributed by atoms with Crippen LogP contribution in [0.1, 0.15) is 79.1 Å². The van der Waals surface area contributed by atoms with Crippen LogP contribution in [0.15, 0.2) is 0 Å². The third-order valence-electron chi connectivity index (χ3n) is 9.05. The minimum atomic E-state index is 0.701. The molecule has 3 saturated heterocycles. The summed E-state index contributed by atoms with van der Waals surface area (Å²) in [4.78, 5) is 8.21. The van der Waals surface area contributed by atoms with Gasteiger partial charge in [-0.2, -0.15) is 0 Å². The van der Waals surface area contributed by atoms with E-state index >= 15 is 0 Å². The molecule has 0 N–H and O–H groups in total. The van der Waals surface area contributed by atoms with Crippen molar-refractivity contribution in [1.29, 1.82) is 0 Å². The molecule has 0 aromatic rings. The molecule has 0 bridgehead atoms. The van der Waals surface area contributed by atoms with Gasteiger partial charge in [0.15, 0.2) is 0 Å². The van der Waals surface area contributed by atoms with Crippen molar-refractivity contribution >= 4 is 0 Å². The summed E-state index contributed by atoms with van der Waals surface area (Å²) in [5.41, 5.74) is 1.45. The molecular weight excluding hydrogens is 330 g/mol. The first-order chi connectivity index (χ1) is 12.9. The van der Waals surface area contributed by atoms with Gasteiger partial charge in [0.2, 0.25) is 0 Å². The number of piperidine rings is 3. The lowest BCUT2D eigenvalue weighted by Gasteiger charge is -2.55. The summed E-state index contributed by atoms with van der Waals surface area (Å²) in [5.74, 6) is 1.01. The second-order valence-corrected chi connectivity index (χ2v) is 11.3. The van der Waals surface area contributed by atoms with Crippen molar-refractivity contribution in [3.63, 3.8) is 0 Å². The Labute approximate surface area is 168 Å². The highest BCUT2D eigenvalue weighted by atomic mass is 15.2. The predicted molar refractivity (Wildman–Crippen MR) is 115 cm³/mol. The molecule has 4 aliphatic rings. The largest absolute Gasteiger partial charge is 0.303 e. The zero-order chi connectivity index (χ0) is 19.1. The summed E-state index contributed by atoms with van der Waals surface area (Å²) < 4.78 is 0. The number of hydrogen-bond acceptors (Lipinski definition) is 3. The highest BCUT2D eigenvalue weighted by molar-refractivity contribution is 4.99. The molecule has 4 fully saturated rings. The van der Waals surface area contributed by atoms with Crippen LogP contribution in [-0.2, 0) is 0 Å². The molecule has 3 heteroatoms. The Morgan fingerprint density at radius 2 is 1.04 bits per heavy atom. The van der Waals surface area contributed by atoms with Gasteiger partial charge < -0.3 is 14.7 Å². The van der Waals surface area contributed by atoms with E-state index in [4.69, 9.17) is 0 Å². The van der Waals surface area contributed by atoms with Gasteiger partial charge in [0.25, 0.3) is 0 Å². The molecule has 27 heavy (non-hydrogen) atoms. The molecule has 3 nitrogen and oxygen atoms in total. The molecule has 4 rings (SSSR count). The van der Waals surface area contributed by atoms with Crippen LogP contribution < -0.4 is 0 Å². The smallest absolute Gasteiger partial charge is 0.00385 e. The van der Waals surface area contributed by atoms with Crippen LogP contribution in [0.2, 0.25) is 0 Å². The van der Waals surface area contributed by atoms with Crippen molar-refractivity contribution in [2.75, 3.05) is 45.8 Å². The van der Waals surface area contributed by atoms with Crippen LogP contribution in [0.4, 0.5) is 0 Å². The van der Waals surface area contributed by atoms with E-state index in [2.05, 4.69) is 42.4 Å². The van der Waals surface area contributed by atoms with Crippen LogP contribution in [0, 0.1) is 16.7 Å². The minimum Gasteiger partial charge on any atom is -0.303 e. The first kappa shape index (κ1) is 20.2. The van der Waals surface area contributed by atoms with Crippen molar-refractivity contribution in [3.8, 4) is 0 Å². The summed E-state index contributed by atoms with van der Waals surface area (Å²) in [6, 6.07) is 1.48. The monoisotopic (exact) mass is 375 g/mol. The number of hydrogen-bond donors (Lipinski definition) is 0. The van der Waals surface area contributed by atoms with Gasteiger partial charge in [-0.15, -0.1) is 0 Å². The van der Waals surface area contributed by atoms with Crippen molar-refractivity contribution in [2.24, 2.45) is 16.7 Å². The van der Waals surface area contributed by atoms with Gasteiger partial charge in [0, 0.05) is 18.6 Å². The molecule has 0 radical (unpaired) electrons. The molecule has 0 amide bonds. The summed E-state index contributed by atoms with van der Waals surface area (Å²) in [6.07, 6.45) is 11.9. The molecule has 0 unspecified atom stereocenters. The molecule has 0 aromatic heterocycles. The van der Waals surface area contributed by atoms with E-state index in [0.29, 0.717) is 5.41 Å². The van der Waals surface area contributed by atoms with Gasteiger partial charge in [-0.25, -0.2) is 0 Å². The maximum atomic E-state index is 2.83. The number of nitrogens with zero attached hydrogens (tertiary/aromatic N) is 3. The van der Waals surface area contributed by atoms with Crippen molar-refractivity contribution in [2.45, 2.75) is 91.1 Å². The fraction of sp³-hybridized carbons (Fsp3) is 1.00. The predicted octanol–water partition coefficient (Wildman–Crippen LogP) is 4.47. The van der Waals surface area contributed by atoms with E-state index in [-0.39, 0.29) is 0 Å². The van der Waals surface area contributed by atoms with Gasteiger partial charge in [-0.1, -0.05) is 0 Å². The van der Waals surface area contributed by atoms with Gasteiger partial charge in [0.1, 0.15) is 0 Å². The lowest BCUT2D eigenvalue weighted by Crippen LogP contribution is -2.52. The Balaban J connectivity index is 1.16. The molecule has 0 aromatic carbocycles. The number of likely N-dealkylation sites (tertiary alicyclic amines) is 3. The third-order valence-corrected chi connectivity index (χ3v) is 9.05. The average Bonchev–Trinajstić information content (AvgIpc) is 2.63. The molecule has 0 atom stereocenters. The maximum Gasteiger partial charge on any atom is 0.00385 e. The Morgan fingerprint density at radius 3 is 1.48 bits per heavy atom. The second kappa shape index (κ2) is 7.95. The van der Waals surface area contributed by atoms with E-state index in [9.17, 15) is 0 Å². The molecule has 156 valence electrons. The minimum absolute atomic E-state index is 0.701. The average molecular weight is 376 g/mol. The molecular formula is C24H45N3. The third kappa shape index (κ3) is 4.41. The van der Waals surface area contributed by atoms with E-state index < -0.39 is 0 Å². The normalized spacial score (nSPS) is 30.4. The van der Waals surface area contributed by atoms with Crippen molar-refractivity contribution in [3.05, 3.63) is 0 Å². The highest BCUT2D eigenvalue weighted by Gasteiger charge is 2.46. The van der Waals surface area contributed by atoms with E-state index in [1.54, 1.807) is 0 Å². The molecule has 3 heterocycles. The maximum absolute atomic E-state index is 2.83. The summed E-state index contributed by atoms with van der Waals surface area (Å²) in [5, 5.41) is 0. The summed E-state index contributed by atoms with van der Waals surface area (Å²) >= 11 is 0. The van der Waals surface area contributed by atoms with Gasteiger partial charge in [0.05, 0.1) is 0 Å². The van der Waals surface area contributed by atoms with E-state index in [0.717, 1.165) is 23.4 Å². The molecule has 1 saturated carbocycles. The van der Waals surface area contributed by atoms with Crippen LogP contribution >= 0.6 is 0 Å². The van der Waals surface area contributed by atoms with Gasteiger partial charge in [-0.3, -0.25) is 0 Å². The van der Waals surface area contributed by atoms with Gasteiger partial charge in [-0.05, 0) is 135 Å². The zero-order valence-corrected chi connectivity index (χ0v) is 18.7. The molecule has 2 spiro atoms. The van der Waals surface area contributed by atoms with Crippen LogP contribution in [0.3, 0.4) is 0 Å². The zero-order valence-electron chi connectivity index (χ0n) is 18.7. The first-order valence-electron chi connectivity index (χ1n) is 12.1. The quantitative estimate of drug-likeness (QED) is 0.717. The van der Waals surface area contributed by atoms with E-state index in [1.165, 1.54) is 97.2 Å². The fourth-order valence-corrected chi connectivity index (χ4v) is 6.81.